The molecule has 4 aromatic rings. The fourth-order valence-corrected chi connectivity index (χ4v) is 4.34. The number of carbonyl (C=O) groups is 1. The van der Waals surface area contributed by atoms with Gasteiger partial charge >= 0.3 is 0 Å². The van der Waals surface area contributed by atoms with E-state index < -0.39 is 17.5 Å². The van der Waals surface area contributed by atoms with Gasteiger partial charge in [-0.05, 0) is 43.9 Å². The predicted octanol–water partition coefficient (Wildman–Crippen LogP) is 4.59. The van der Waals surface area contributed by atoms with Crippen LogP contribution in [0.3, 0.4) is 0 Å². The quantitative estimate of drug-likeness (QED) is 0.400. The molecular formula is C24H21F3N6O. The lowest BCUT2D eigenvalue weighted by Crippen LogP contribution is -2.42. The number of pyridine rings is 1. The average molecular weight is 466 g/mol. The van der Waals surface area contributed by atoms with Crippen LogP contribution in [0.25, 0.3) is 22.3 Å². The Bertz CT molecular complexity index is 1340. The molecule has 0 radical (unpaired) electrons. The van der Waals surface area contributed by atoms with E-state index in [1.54, 1.807) is 24.4 Å². The van der Waals surface area contributed by atoms with E-state index in [1.165, 1.54) is 12.3 Å². The highest BCUT2D eigenvalue weighted by Crippen LogP contribution is 2.30. The SMILES string of the molecule is O=C(N[C@@H]1CCC[C@H](Nc2nc(-c3c[nH]c4c(F)cc(F)cc34)ncc2F)C1)c1ccccn1. The van der Waals surface area contributed by atoms with Gasteiger partial charge in [-0.3, -0.25) is 9.78 Å². The normalized spacial score (nSPS) is 18.1. The Morgan fingerprint density at radius 1 is 1.06 bits per heavy atom. The van der Waals surface area contributed by atoms with E-state index in [0.29, 0.717) is 17.7 Å². The fourth-order valence-electron chi connectivity index (χ4n) is 4.34. The van der Waals surface area contributed by atoms with Crippen LogP contribution in [-0.4, -0.2) is 37.9 Å². The highest BCUT2D eigenvalue weighted by molar-refractivity contribution is 5.94. The van der Waals surface area contributed by atoms with Crippen LogP contribution in [-0.2, 0) is 0 Å². The van der Waals surface area contributed by atoms with Crippen molar-refractivity contribution >= 4 is 22.6 Å². The number of nitrogens with zero attached hydrogens (tertiary/aromatic N) is 3. The number of anilines is 1. The summed E-state index contributed by atoms with van der Waals surface area (Å²) in [6, 6.07) is 6.88. The molecular weight excluding hydrogens is 445 g/mol. The van der Waals surface area contributed by atoms with Gasteiger partial charge in [0.25, 0.3) is 5.91 Å². The summed E-state index contributed by atoms with van der Waals surface area (Å²) in [7, 11) is 0. The Hall–Kier alpha value is -3.95. The average Bonchev–Trinajstić information content (AvgIpc) is 3.25. The Kier molecular flexibility index (Phi) is 5.87. The molecule has 0 unspecified atom stereocenters. The molecule has 3 N–H and O–H groups in total. The fraction of sp³-hybridized carbons (Fsp3) is 0.250. The molecule has 0 spiro atoms. The van der Waals surface area contributed by atoms with Gasteiger partial charge in [-0.1, -0.05) is 6.07 Å². The number of carbonyl (C=O) groups excluding carboxylic acids is 1. The van der Waals surface area contributed by atoms with Crippen LogP contribution in [0.2, 0.25) is 0 Å². The summed E-state index contributed by atoms with van der Waals surface area (Å²) in [5, 5.41) is 6.37. The van der Waals surface area contributed by atoms with E-state index in [1.807, 2.05) is 0 Å². The smallest absolute Gasteiger partial charge is 0.270 e. The zero-order valence-electron chi connectivity index (χ0n) is 18.0. The number of hydrogen-bond donors (Lipinski definition) is 3. The molecule has 1 fully saturated rings. The highest BCUT2D eigenvalue weighted by atomic mass is 19.1. The summed E-state index contributed by atoms with van der Waals surface area (Å²) < 4.78 is 42.3. The van der Waals surface area contributed by atoms with Gasteiger partial charge in [-0.15, -0.1) is 0 Å². The van der Waals surface area contributed by atoms with Crippen molar-refractivity contribution in [2.24, 2.45) is 0 Å². The first-order valence-electron chi connectivity index (χ1n) is 11.0. The largest absolute Gasteiger partial charge is 0.365 e. The van der Waals surface area contributed by atoms with Gasteiger partial charge in [0, 0.05) is 41.5 Å². The van der Waals surface area contributed by atoms with Crippen molar-refractivity contribution in [3.63, 3.8) is 0 Å². The molecule has 3 aromatic heterocycles. The molecule has 0 bridgehead atoms. The van der Waals surface area contributed by atoms with Crippen molar-refractivity contribution in [1.29, 1.82) is 0 Å². The van der Waals surface area contributed by atoms with Gasteiger partial charge in [0.2, 0.25) is 0 Å². The zero-order chi connectivity index (χ0) is 23.7. The van der Waals surface area contributed by atoms with Gasteiger partial charge < -0.3 is 15.6 Å². The van der Waals surface area contributed by atoms with Crippen LogP contribution in [0, 0.1) is 17.5 Å². The van der Waals surface area contributed by atoms with E-state index in [4.69, 9.17) is 0 Å². The molecule has 3 heterocycles. The second kappa shape index (κ2) is 9.12. The minimum absolute atomic E-state index is 0.00192. The van der Waals surface area contributed by atoms with Crippen molar-refractivity contribution in [3.8, 4) is 11.4 Å². The number of amides is 1. The molecule has 1 aromatic carbocycles. The Morgan fingerprint density at radius 3 is 2.74 bits per heavy atom. The van der Waals surface area contributed by atoms with E-state index in [9.17, 15) is 18.0 Å². The number of halogens is 3. The standard InChI is InChI=1S/C24H21F3N6O/c25-13-8-16-17(11-29-21(16)18(26)9-13)22-30-12-19(27)23(33-22)31-14-4-3-5-15(10-14)32-24(34)20-6-1-2-7-28-20/h1-2,6-9,11-12,14-15,29H,3-5,10H2,(H,32,34)(H,30,31,33)/t14-,15+/m0/s1. The number of hydrogen-bond acceptors (Lipinski definition) is 5. The summed E-state index contributed by atoms with van der Waals surface area (Å²) in [5.41, 5.74) is 0.828. The number of nitrogens with one attached hydrogen (secondary N) is 3. The topological polar surface area (TPSA) is 95.6 Å². The summed E-state index contributed by atoms with van der Waals surface area (Å²) in [4.78, 5) is 27.6. The molecule has 1 aliphatic carbocycles. The first kappa shape index (κ1) is 21.9. The number of rotatable bonds is 5. The van der Waals surface area contributed by atoms with E-state index in [0.717, 1.165) is 31.5 Å². The molecule has 34 heavy (non-hydrogen) atoms. The van der Waals surface area contributed by atoms with Gasteiger partial charge in [0.1, 0.15) is 17.3 Å². The molecule has 1 amide bonds. The number of H-pyrrole nitrogens is 1. The van der Waals surface area contributed by atoms with Gasteiger partial charge in [0.05, 0.1) is 11.7 Å². The van der Waals surface area contributed by atoms with Crippen molar-refractivity contribution in [2.45, 2.75) is 37.8 Å². The van der Waals surface area contributed by atoms with E-state index >= 15 is 0 Å². The summed E-state index contributed by atoms with van der Waals surface area (Å²) in [6.45, 7) is 0. The molecule has 7 nitrogen and oxygen atoms in total. The Labute approximate surface area is 192 Å². The van der Waals surface area contributed by atoms with E-state index in [-0.39, 0.29) is 40.5 Å². The van der Waals surface area contributed by atoms with Crippen molar-refractivity contribution in [3.05, 3.63) is 72.1 Å². The molecule has 2 atom stereocenters. The maximum absolute atomic E-state index is 14.5. The number of fused-ring (bicyclic) bond motifs is 1. The lowest BCUT2D eigenvalue weighted by atomic mass is 9.91. The highest BCUT2D eigenvalue weighted by Gasteiger charge is 2.25. The third kappa shape index (κ3) is 4.43. The van der Waals surface area contributed by atoms with Crippen LogP contribution in [0.5, 0.6) is 0 Å². The minimum Gasteiger partial charge on any atom is -0.365 e. The van der Waals surface area contributed by atoms with Crippen molar-refractivity contribution in [1.82, 2.24) is 25.3 Å². The van der Waals surface area contributed by atoms with Crippen LogP contribution in [0.1, 0.15) is 36.2 Å². The predicted molar refractivity (Wildman–Crippen MR) is 121 cm³/mol. The van der Waals surface area contributed by atoms with Crippen LogP contribution < -0.4 is 10.6 Å². The number of aromatic nitrogens is 4. The molecule has 10 heteroatoms. The number of benzene rings is 1. The van der Waals surface area contributed by atoms with Crippen LogP contribution in [0.4, 0.5) is 19.0 Å². The first-order chi connectivity index (χ1) is 16.5. The zero-order valence-corrected chi connectivity index (χ0v) is 18.0. The lowest BCUT2D eigenvalue weighted by Gasteiger charge is -2.30. The molecule has 0 aliphatic heterocycles. The van der Waals surface area contributed by atoms with Gasteiger partial charge in [-0.2, -0.15) is 0 Å². The Balaban J connectivity index is 1.33. The number of aromatic amines is 1. The van der Waals surface area contributed by atoms with Crippen molar-refractivity contribution in [2.75, 3.05) is 5.32 Å². The minimum atomic E-state index is -0.734. The second-order valence-corrected chi connectivity index (χ2v) is 8.30. The summed E-state index contributed by atoms with van der Waals surface area (Å²) in [6.07, 6.45) is 7.06. The van der Waals surface area contributed by atoms with Gasteiger partial charge in [-0.25, -0.2) is 23.1 Å². The Morgan fingerprint density at radius 2 is 1.91 bits per heavy atom. The maximum Gasteiger partial charge on any atom is 0.270 e. The monoisotopic (exact) mass is 466 g/mol. The van der Waals surface area contributed by atoms with Crippen LogP contribution >= 0.6 is 0 Å². The third-order valence-corrected chi connectivity index (χ3v) is 5.94. The first-order valence-corrected chi connectivity index (χ1v) is 11.0. The molecule has 1 aliphatic rings. The summed E-state index contributed by atoms with van der Waals surface area (Å²) in [5.74, 6) is -2.22. The summed E-state index contributed by atoms with van der Waals surface area (Å²) >= 11 is 0. The molecule has 1 saturated carbocycles. The third-order valence-electron chi connectivity index (χ3n) is 5.94. The second-order valence-electron chi connectivity index (χ2n) is 8.30. The van der Waals surface area contributed by atoms with Crippen molar-refractivity contribution < 1.29 is 18.0 Å². The van der Waals surface area contributed by atoms with Gasteiger partial charge in [0.15, 0.2) is 17.5 Å². The maximum atomic E-state index is 14.5. The lowest BCUT2D eigenvalue weighted by molar-refractivity contribution is 0.0921. The molecule has 0 saturated heterocycles. The van der Waals surface area contributed by atoms with E-state index in [2.05, 4.69) is 30.6 Å². The molecule has 174 valence electrons. The van der Waals surface area contributed by atoms with Crippen LogP contribution in [0.15, 0.2) is 48.9 Å². The molecule has 5 rings (SSSR count).